The molecular formula is C13H15BF4. The highest BCUT2D eigenvalue weighted by atomic mass is 19.5. The van der Waals surface area contributed by atoms with E-state index in [2.05, 4.69) is 30.3 Å². The molecule has 2 fully saturated rings. The van der Waals surface area contributed by atoms with E-state index in [1.54, 1.807) is 11.1 Å². The molecule has 0 nitrogen and oxygen atoms in total. The van der Waals surface area contributed by atoms with Gasteiger partial charge in [-0.05, 0) is 31.6 Å². The van der Waals surface area contributed by atoms with Crippen molar-refractivity contribution in [2.75, 3.05) is 0 Å². The Hall–Kier alpha value is -1.13. The second-order valence-corrected chi connectivity index (χ2v) is 4.90. The van der Waals surface area contributed by atoms with Crippen molar-refractivity contribution in [3.63, 3.8) is 0 Å². The molecule has 3 rings (SSSR count). The first-order chi connectivity index (χ1) is 8.43. The number of rotatable bonds is 2. The monoisotopic (exact) mass is 258 g/mol. The maximum absolute atomic E-state index is 9.75. The summed E-state index contributed by atoms with van der Waals surface area (Å²) in [7, 11) is -6.00. The molecule has 0 aromatic heterocycles. The van der Waals surface area contributed by atoms with Gasteiger partial charge in [-0.3, -0.25) is 0 Å². The van der Waals surface area contributed by atoms with Gasteiger partial charge in [0, 0.05) is 35.7 Å². The number of hydrogen-bond acceptors (Lipinski definition) is 0. The fourth-order valence-corrected chi connectivity index (χ4v) is 1.95. The normalized spacial score (nSPS) is 18.9. The molecule has 98 valence electrons. The van der Waals surface area contributed by atoms with E-state index in [1.165, 1.54) is 25.7 Å². The molecule has 2 saturated carbocycles. The minimum Gasteiger partial charge on any atom is -0.418 e. The van der Waals surface area contributed by atoms with Gasteiger partial charge in [-0.15, -0.1) is 0 Å². The summed E-state index contributed by atoms with van der Waals surface area (Å²) in [5.41, 5.74) is 3.10. The van der Waals surface area contributed by atoms with E-state index in [4.69, 9.17) is 0 Å². The quantitative estimate of drug-likeness (QED) is 0.396. The van der Waals surface area contributed by atoms with Crippen molar-refractivity contribution in [3.8, 4) is 0 Å². The topological polar surface area (TPSA) is 0 Å². The van der Waals surface area contributed by atoms with E-state index >= 15 is 0 Å². The van der Waals surface area contributed by atoms with Crippen LogP contribution in [0, 0.1) is 0 Å². The Bertz CT molecular complexity index is 376. The van der Waals surface area contributed by atoms with Crippen molar-refractivity contribution < 1.29 is 17.3 Å². The summed E-state index contributed by atoms with van der Waals surface area (Å²) in [6.45, 7) is 0. The molecule has 2 aliphatic rings. The predicted molar refractivity (Wildman–Crippen MR) is 65.0 cm³/mol. The molecule has 0 heterocycles. The minimum absolute atomic E-state index is 0.888. The Morgan fingerprint density at radius 2 is 1.56 bits per heavy atom. The zero-order valence-corrected chi connectivity index (χ0v) is 9.96. The molecule has 2 aliphatic carbocycles. The number of hydrogen-bond donors (Lipinski definition) is 0. The molecule has 0 saturated heterocycles. The SMILES string of the molecule is F[B-](F)(F)F.c1cc(C2CC2)cc[c+](C2CC2)c1. The van der Waals surface area contributed by atoms with Gasteiger partial charge in [0.1, 0.15) is 0 Å². The van der Waals surface area contributed by atoms with Gasteiger partial charge >= 0.3 is 7.25 Å². The highest BCUT2D eigenvalue weighted by Gasteiger charge is 2.28. The molecule has 0 aliphatic heterocycles. The van der Waals surface area contributed by atoms with Crippen LogP contribution >= 0.6 is 0 Å². The summed E-state index contributed by atoms with van der Waals surface area (Å²) in [4.78, 5) is 0. The molecule has 0 radical (unpaired) electrons. The lowest BCUT2D eigenvalue weighted by Crippen LogP contribution is -2.02. The van der Waals surface area contributed by atoms with Crippen LogP contribution in [0.4, 0.5) is 17.3 Å². The number of halogens is 4. The summed E-state index contributed by atoms with van der Waals surface area (Å²) < 4.78 is 39.0. The molecule has 5 heteroatoms. The van der Waals surface area contributed by atoms with Gasteiger partial charge in [0.25, 0.3) is 0 Å². The lowest BCUT2D eigenvalue weighted by Gasteiger charge is -1.94. The van der Waals surface area contributed by atoms with Gasteiger partial charge in [0.05, 0.1) is 11.6 Å². The fraction of sp³-hybridized carbons (Fsp3) is 0.462. The molecule has 0 amide bonds. The van der Waals surface area contributed by atoms with Crippen molar-refractivity contribution >= 4 is 7.25 Å². The molecule has 1 aromatic rings. The zero-order valence-electron chi connectivity index (χ0n) is 9.96. The van der Waals surface area contributed by atoms with E-state index < -0.39 is 7.25 Å². The molecular weight excluding hydrogens is 243 g/mol. The third-order valence-electron chi connectivity index (χ3n) is 3.14. The van der Waals surface area contributed by atoms with Crippen LogP contribution in [-0.4, -0.2) is 7.25 Å². The Labute approximate surface area is 104 Å². The summed E-state index contributed by atoms with van der Waals surface area (Å²) in [6.07, 6.45) is 5.62. The highest BCUT2D eigenvalue weighted by molar-refractivity contribution is 6.50. The average Bonchev–Trinajstić information content (AvgIpc) is 3.11. The second-order valence-electron chi connectivity index (χ2n) is 4.90. The van der Waals surface area contributed by atoms with Crippen LogP contribution in [0.1, 0.15) is 48.6 Å². The molecule has 0 atom stereocenters. The lowest BCUT2D eigenvalue weighted by molar-refractivity contribution is 0.368. The van der Waals surface area contributed by atoms with Crippen molar-refractivity contribution in [2.24, 2.45) is 0 Å². The summed E-state index contributed by atoms with van der Waals surface area (Å²) in [6, 6.07) is 11.5. The Balaban J connectivity index is 0.000000209. The van der Waals surface area contributed by atoms with Crippen LogP contribution in [0.2, 0.25) is 0 Å². The standard InChI is InChI=1S/C13H15.BF4/c1-2-10(12-6-7-12)4-5-11(3-1)13-8-9-13;2-1(3,4)5/h1-5,12-13H,6-9H2;/q+1;-1. The molecule has 18 heavy (non-hydrogen) atoms. The first-order valence-corrected chi connectivity index (χ1v) is 6.24. The smallest absolute Gasteiger partial charge is 0.418 e. The van der Waals surface area contributed by atoms with Crippen LogP contribution in [0.25, 0.3) is 0 Å². The van der Waals surface area contributed by atoms with E-state index in [-0.39, 0.29) is 0 Å². The largest absolute Gasteiger partial charge is 0.673 e. The fourth-order valence-electron chi connectivity index (χ4n) is 1.95. The molecule has 0 unspecified atom stereocenters. The van der Waals surface area contributed by atoms with Crippen LogP contribution in [0.5, 0.6) is 0 Å². The summed E-state index contributed by atoms with van der Waals surface area (Å²) >= 11 is 0. The maximum Gasteiger partial charge on any atom is 0.673 e. The van der Waals surface area contributed by atoms with Crippen LogP contribution in [0.15, 0.2) is 30.3 Å². The minimum atomic E-state index is -6.00. The summed E-state index contributed by atoms with van der Waals surface area (Å²) in [5, 5.41) is 0. The predicted octanol–water partition coefficient (Wildman–Crippen LogP) is 5.02. The zero-order chi connectivity index (χ0) is 13.2. The van der Waals surface area contributed by atoms with Crippen LogP contribution in [0.3, 0.4) is 0 Å². The van der Waals surface area contributed by atoms with E-state index in [9.17, 15) is 17.3 Å². The first kappa shape index (κ1) is 13.3. The first-order valence-electron chi connectivity index (χ1n) is 6.24. The van der Waals surface area contributed by atoms with E-state index in [1.807, 2.05) is 0 Å². The van der Waals surface area contributed by atoms with Gasteiger partial charge in [0.2, 0.25) is 0 Å². The summed E-state index contributed by atoms with van der Waals surface area (Å²) in [5.74, 6) is 1.78. The maximum atomic E-state index is 9.75. The second kappa shape index (κ2) is 5.25. The molecule has 0 bridgehead atoms. The molecule has 1 aromatic carbocycles. The Kier molecular flexibility index (Phi) is 3.88. The Morgan fingerprint density at radius 1 is 0.944 bits per heavy atom. The Morgan fingerprint density at radius 3 is 2.06 bits per heavy atom. The van der Waals surface area contributed by atoms with Crippen molar-refractivity contribution in [1.29, 1.82) is 0 Å². The highest BCUT2D eigenvalue weighted by Crippen LogP contribution is 2.42. The van der Waals surface area contributed by atoms with Crippen LogP contribution in [-0.2, 0) is 0 Å². The lowest BCUT2D eigenvalue weighted by atomic mass is 10.2. The van der Waals surface area contributed by atoms with Gasteiger partial charge in [0.15, 0.2) is 0 Å². The van der Waals surface area contributed by atoms with E-state index in [0.29, 0.717) is 0 Å². The third kappa shape index (κ3) is 5.02. The van der Waals surface area contributed by atoms with Crippen molar-refractivity contribution in [1.82, 2.24) is 0 Å². The van der Waals surface area contributed by atoms with Gasteiger partial charge in [-0.1, -0.05) is 0 Å². The van der Waals surface area contributed by atoms with Crippen molar-refractivity contribution in [3.05, 3.63) is 41.5 Å². The third-order valence-corrected chi connectivity index (χ3v) is 3.14. The average molecular weight is 258 g/mol. The van der Waals surface area contributed by atoms with Gasteiger partial charge in [-0.25, -0.2) is 0 Å². The van der Waals surface area contributed by atoms with Crippen molar-refractivity contribution in [2.45, 2.75) is 37.5 Å². The van der Waals surface area contributed by atoms with Gasteiger partial charge in [-0.2, -0.15) is 0 Å². The molecule has 0 N–H and O–H groups in total. The van der Waals surface area contributed by atoms with Crippen LogP contribution < -0.4 is 0 Å². The van der Waals surface area contributed by atoms with Gasteiger partial charge < -0.3 is 17.3 Å². The van der Waals surface area contributed by atoms with E-state index in [0.717, 1.165) is 11.8 Å². The molecule has 0 spiro atoms.